The summed E-state index contributed by atoms with van der Waals surface area (Å²) in [6, 6.07) is 15.9. The third-order valence-corrected chi connectivity index (χ3v) is 4.31. The highest BCUT2D eigenvalue weighted by Crippen LogP contribution is 2.18. The van der Waals surface area contributed by atoms with Gasteiger partial charge in [-0.25, -0.2) is 4.79 Å². The van der Waals surface area contributed by atoms with Crippen molar-refractivity contribution in [1.29, 1.82) is 0 Å². The highest BCUT2D eigenvalue weighted by molar-refractivity contribution is 6.02. The molecule has 150 valence electrons. The number of carbonyl (C=O) groups excluding carboxylic acids is 1. The molecule has 0 saturated heterocycles. The molecule has 0 heterocycles. The molecule has 3 N–H and O–H groups in total. The van der Waals surface area contributed by atoms with E-state index in [2.05, 4.69) is 33.1 Å². The van der Waals surface area contributed by atoms with Gasteiger partial charge < -0.3 is 15.4 Å². The van der Waals surface area contributed by atoms with Crippen molar-refractivity contribution in [2.24, 2.45) is 4.99 Å². The Morgan fingerprint density at radius 1 is 1.00 bits per heavy atom. The second-order valence-corrected chi connectivity index (χ2v) is 6.55. The first-order valence-corrected chi connectivity index (χ1v) is 9.56. The molecule has 0 aromatic heterocycles. The zero-order chi connectivity index (χ0) is 20.2. The van der Waals surface area contributed by atoms with E-state index >= 15 is 0 Å². The molecule has 0 aliphatic heterocycles. The number of aliphatic imine (C=N–C) groups is 1. The van der Waals surface area contributed by atoms with Gasteiger partial charge in [-0.1, -0.05) is 48.5 Å². The van der Waals surface area contributed by atoms with E-state index in [-0.39, 0.29) is 6.03 Å². The van der Waals surface area contributed by atoms with Crippen LogP contribution < -0.4 is 16.0 Å². The van der Waals surface area contributed by atoms with E-state index in [1.807, 2.05) is 50.2 Å². The number of hydrogen-bond acceptors (Lipinski definition) is 3. The van der Waals surface area contributed by atoms with Crippen LogP contribution in [0.2, 0.25) is 0 Å². The normalized spacial score (nSPS) is 11.2. The minimum Gasteiger partial charge on any atom is -0.381 e. The van der Waals surface area contributed by atoms with Gasteiger partial charge in [-0.3, -0.25) is 10.3 Å². The van der Waals surface area contributed by atoms with Crippen LogP contribution >= 0.6 is 0 Å². The average Bonchev–Trinajstić information content (AvgIpc) is 2.70. The number of anilines is 1. The molecule has 0 unspecified atom stereocenters. The maximum Gasteiger partial charge on any atom is 0.326 e. The van der Waals surface area contributed by atoms with Gasteiger partial charge >= 0.3 is 6.03 Å². The number of hydrogen-bond donors (Lipinski definition) is 3. The van der Waals surface area contributed by atoms with Gasteiger partial charge in [0.05, 0.1) is 6.61 Å². The molecule has 0 saturated carbocycles. The molecule has 6 heteroatoms. The summed E-state index contributed by atoms with van der Waals surface area (Å²) in [6.07, 6.45) is 1.74. The summed E-state index contributed by atoms with van der Waals surface area (Å²) >= 11 is 0. The Morgan fingerprint density at radius 2 is 1.71 bits per heavy atom. The third kappa shape index (κ3) is 7.40. The Morgan fingerprint density at radius 3 is 2.39 bits per heavy atom. The standard InChI is InChI=1S/C22H30N4O2/c1-17-9-7-10-18(2)20(17)25-22(27)26-21(23-3)24-14-8-15-28-16-13-19-11-5-4-6-12-19/h4-7,9-12H,8,13-16H2,1-3H3,(H3,23,24,25,26,27). The fourth-order valence-corrected chi connectivity index (χ4v) is 2.76. The lowest BCUT2D eigenvalue weighted by Crippen LogP contribution is -2.43. The largest absolute Gasteiger partial charge is 0.381 e. The molecule has 0 radical (unpaired) electrons. The fraction of sp³-hybridized carbons (Fsp3) is 0.364. The van der Waals surface area contributed by atoms with Crippen molar-refractivity contribution >= 4 is 17.7 Å². The number of carbonyl (C=O) groups is 1. The summed E-state index contributed by atoms with van der Waals surface area (Å²) in [6.45, 7) is 5.96. The van der Waals surface area contributed by atoms with Crippen molar-refractivity contribution in [2.75, 3.05) is 32.1 Å². The number of nitrogens with one attached hydrogen (secondary N) is 3. The monoisotopic (exact) mass is 382 g/mol. The van der Waals surface area contributed by atoms with Crippen molar-refractivity contribution in [3.05, 3.63) is 65.2 Å². The zero-order valence-electron chi connectivity index (χ0n) is 16.9. The fourth-order valence-electron chi connectivity index (χ4n) is 2.76. The summed E-state index contributed by atoms with van der Waals surface area (Å²) in [5.74, 6) is 0.438. The summed E-state index contributed by atoms with van der Waals surface area (Å²) in [5.41, 5.74) is 4.14. The molecule has 2 aromatic rings. The lowest BCUT2D eigenvalue weighted by atomic mass is 10.1. The smallest absolute Gasteiger partial charge is 0.326 e. The number of urea groups is 1. The van der Waals surface area contributed by atoms with E-state index in [1.165, 1.54) is 5.56 Å². The molecule has 6 nitrogen and oxygen atoms in total. The van der Waals surface area contributed by atoms with Crippen LogP contribution in [0.1, 0.15) is 23.1 Å². The van der Waals surface area contributed by atoms with Crippen LogP contribution in [0.5, 0.6) is 0 Å². The Bertz CT molecular complexity index is 755. The van der Waals surface area contributed by atoms with Crippen LogP contribution in [0.15, 0.2) is 53.5 Å². The van der Waals surface area contributed by atoms with E-state index in [0.717, 1.165) is 29.7 Å². The Hall–Kier alpha value is -2.86. The van der Waals surface area contributed by atoms with Crippen LogP contribution in [0.3, 0.4) is 0 Å². The van der Waals surface area contributed by atoms with Gasteiger partial charge in [0.1, 0.15) is 0 Å². The molecule has 0 fully saturated rings. The minimum atomic E-state index is -0.315. The maximum absolute atomic E-state index is 12.2. The lowest BCUT2D eigenvalue weighted by Gasteiger charge is -2.14. The average molecular weight is 383 g/mol. The van der Waals surface area contributed by atoms with Gasteiger partial charge in [0, 0.05) is 25.9 Å². The summed E-state index contributed by atoms with van der Waals surface area (Å²) in [7, 11) is 1.64. The molecule has 0 aliphatic carbocycles. The number of ether oxygens (including phenoxy) is 1. The molecule has 2 amide bonds. The first kappa shape index (κ1) is 21.4. The molecule has 2 aromatic carbocycles. The molecular formula is C22H30N4O2. The van der Waals surface area contributed by atoms with Crippen molar-refractivity contribution in [3.63, 3.8) is 0 Å². The summed E-state index contributed by atoms with van der Waals surface area (Å²) in [5, 5.41) is 8.74. The van der Waals surface area contributed by atoms with Crippen LogP contribution in [0.4, 0.5) is 10.5 Å². The maximum atomic E-state index is 12.2. The van der Waals surface area contributed by atoms with Crippen molar-refractivity contribution in [3.8, 4) is 0 Å². The van der Waals surface area contributed by atoms with Crippen LogP contribution in [-0.2, 0) is 11.2 Å². The molecule has 0 atom stereocenters. The lowest BCUT2D eigenvalue weighted by molar-refractivity contribution is 0.135. The van der Waals surface area contributed by atoms with Gasteiger partial charge in [0.2, 0.25) is 0 Å². The molecular weight excluding hydrogens is 352 g/mol. The van der Waals surface area contributed by atoms with E-state index in [1.54, 1.807) is 7.05 Å². The molecule has 0 bridgehead atoms. The molecule has 0 spiro atoms. The highest BCUT2D eigenvalue weighted by atomic mass is 16.5. The van der Waals surface area contributed by atoms with Gasteiger partial charge in [-0.15, -0.1) is 0 Å². The van der Waals surface area contributed by atoms with E-state index in [9.17, 15) is 4.79 Å². The predicted molar refractivity (Wildman–Crippen MR) is 115 cm³/mol. The number of para-hydroxylation sites is 1. The second-order valence-electron chi connectivity index (χ2n) is 6.55. The van der Waals surface area contributed by atoms with Gasteiger partial charge in [-0.05, 0) is 43.4 Å². The third-order valence-electron chi connectivity index (χ3n) is 4.31. The first-order chi connectivity index (χ1) is 13.6. The number of rotatable bonds is 8. The molecule has 2 rings (SSSR count). The van der Waals surface area contributed by atoms with Crippen molar-refractivity contribution in [1.82, 2.24) is 10.6 Å². The van der Waals surface area contributed by atoms with Crippen molar-refractivity contribution in [2.45, 2.75) is 26.7 Å². The minimum absolute atomic E-state index is 0.315. The zero-order valence-corrected chi connectivity index (χ0v) is 16.9. The van der Waals surface area contributed by atoms with Crippen molar-refractivity contribution < 1.29 is 9.53 Å². The number of nitrogens with zero attached hydrogens (tertiary/aromatic N) is 1. The Kier molecular flexibility index (Phi) is 9.01. The quantitative estimate of drug-likeness (QED) is 0.371. The first-order valence-electron chi connectivity index (χ1n) is 9.56. The van der Waals surface area contributed by atoms with E-state index < -0.39 is 0 Å². The second kappa shape index (κ2) is 11.8. The number of amides is 2. The number of guanidine groups is 1. The number of benzene rings is 2. The van der Waals surface area contributed by atoms with Crippen LogP contribution in [-0.4, -0.2) is 38.8 Å². The van der Waals surface area contributed by atoms with Crippen LogP contribution in [0, 0.1) is 13.8 Å². The number of aryl methyl sites for hydroxylation is 2. The summed E-state index contributed by atoms with van der Waals surface area (Å²) in [4.78, 5) is 16.3. The molecule has 0 aliphatic rings. The highest BCUT2D eigenvalue weighted by Gasteiger charge is 2.09. The van der Waals surface area contributed by atoms with Crippen LogP contribution in [0.25, 0.3) is 0 Å². The topological polar surface area (TPSA) is 74.8 Å². The van der Waals surface area contributed by atoms with E-state index in [0.29, 0.717) is 25.7 Å². The van der Waals surface area contributed by atoms with Gasteiger partial charge in [-0.2, -0.15) is 0 Å². The predicted octanol–water partition coefficient (Wildman–Crippen LogP) is 3.65. The molecule has 28 heavy (non-hydrogen) atoms. The van der Waals surface area contributed by atoms with Gasteiger partial charge in [0.25, 0.3) is 0 Å². The van der Waals surface area contributed by atoms with E-state index in [4.69, 9.17) is 4.74 Å². The van der Waals surface area contributed by atoms with Gasteiger partial charge in [0.15, 0.2) is 5.96 Å². The summed E-state index contributed by atoms with van der Waals surface area (Å²) < 4.78 is 5.66. The Labute approximate surface area is 167 Å². The Balaban J connectivity index is 1.62. The SMILES string of the molecule is CN=C(NCCCOCCc1ccccc1)NC(=O)Nc1c(C)cccc1C.